The third-order valence-electron chi connectivity index (χ3n) is 3.19. The van der Waals surface area contributed by atoms with Gasteiger partial charge < -0.3 is 21.7 Å². The molecule has 23 heavy (non-hydrogen) atoms. The molecular formula is C16H12BrN2O3S-. The molecule has 0 N–H and O–H groups in total. The van der Waals surface area contributed by atoms with Crippen molar-refractivity contribution in [3.05, 3.63) is 64.0 Å². The second kappa shape index (κ2) is 7.34. The molecule has 0 saturated carbocycles. The van der Waals surface area contributed by atoms with E-state index in [9.17, 15) is 10.1 Å². The lowest BCUT2D eigenvalue weighted by atomic mass is 10.1. The molecule has 0 saturated heterocycles. The maximum Gasteiger partial charge on any atom is 0.270 e. The molecule has 7 heteroatoms. The van der Waals surface area contributed by atoms with Gasteiger partial charge in [-0.25, -0.2) is 4.98 Å². The van der Waals surface area contributed by atoms with Gasteiger partial charge in [0.1, 0.15) is 10.8 Å². The third kappa shape index (κ3) is 3.75. The third-order valence-corrected chi connectivity index (χ3v) is 4.09. The predicted molar refractivity (Wildman–Crippen MR) is 86.2 cm³/mol. The molecule has 0 radical (unpaired) electrons. The van der Waals surface area contributed by atoms with E-state index in [2.05, 4.69) is 4.98 Å². The van der Waals surface area contributed by atoms with Crippen molar-refractivity contribution in [1.29, 1.82) is 0 Å². The van der Waals surface area contributed by atoms with Crippen LogP contribution < -0.4 is 21.7 Å². The standard InChI is InChI=1S/C16H12N2O3S.BrH/c1-21-14-7-5-11(6-8-14)16-17-15(10-22-16)12-3-2-4-13(9-12)18(19)20;/h2-10H,1H3;1H/p-1. The number of aromatic nitrogens is 1. The van der Waals surface area contributed by atoms with E-state index >= 15 is 0 Å². The van der Waals surface area contributed by atoms with Gasteiger partial charge in [0.2, 0.25) is 0 Å². The normalized spacial score (nSPS) is 9.96. The molecule has 1 aromatic heterocycles. The highest BCUT2D eigenvalue weighted by molar-refractivity contribution is 7.13. The van der Waals surface area contributed by atoms with Crippen LogP contribution in [0.4, 0.5) is 5.69 Å². The Morgan fingerprint density at radius 3 is 2.52 bits per heavy atom. The Morgan fingerprint density at radius 1 is 1.13 bits per heavy atom. The number of benzene rings is 2. The molecule has 0 atom stereocenters. The fraction of sp³-hybridized carbons (Fsp3) is 0.0625. The van der Waals surface area contributed by atoms with Crippen LogP contribution in [0.2, 0.25) is 0 Å². The number of nitro benzene ring substituents is 1. The molecule has 2 aromatic carbocycles. The quantitative estimate of drug-likeness (QED) is 0.498. The van der Waals surface area contributed by atoms with Gasteiger partial charge in [-0.15, -0.1) is 11.3 Å². The summed E-state index contributed by atoms with van der Waals surface area (Å²) in [6.45, 7) is 0. The van der Waals surface area contributed by atoms with Gasteiger partial charge in [0, 0.05) is 28.6 Å². The largest absolute Gasteiger partial charge is 1.00 e. The maximum atomic E-state index is 10.8. The number of nitrogens with zero attached hydrogens (tertiary/aromatic N) is 2. The van der Waals surface area contributed by atoms with Crippen molar-refractivity contribution in [2.75, 3.05) is 7.11 Å². The number of nitro groups is 1. The molecule has 0 fully saturated rings. The molecular weight excluding hydrogens is 380 g/mol. The zero-order valence-electron chi connectivity index (χ0n) is 12.1. The van der Waals surface area contributed by atoms with Gasteiger partial charge in [0.05, 0.1) is 17.7 Å². The number of hydrogen-bond donors (Lipinski definition) is 0. The maximum absolute atomic E-state index is 10.8. The number of non-ortho nitro benzene ring substituents is 1. The number of hydrogen-bond acceptors (Lipinski definition) is 5. The van der Waals surface area contributed by atoms with E-state index in [1.165, 1.54) is 23.5 Å². The van der Waals surface area contributed by atoms with Crippen LogP contribution in [0.3, 0.4) is 0 Å². The van der Waals surface area contributed by atoms with Gasteiger partial charge in [-0.2, -0.15) is 0 Å². The first-order valence-electron chi connectivity index (χ1n) is 6.52. The Bertz CT molecular complexity index is 818. The van der Waals surface area contributed by atoms with Crippen molar-refractivity contribution in [2.24, 2.45) is 0 Å². The van der Waals surface area contributed by atoms with Crippen LogP contribution in [0.5, 0.6) is 5.75 Å². The van der Waals surface area contributed by atoms with Crippen LogP contribution in [0.15, 0.2) is 53.9 Å². The fourth-order valence-corrected chi connectivity index (χ4v) is 2.89. The minimum absolute atomic E-state index is 0. The van der Waals surface area contributed by atoms with Crippen LogP contribution >= 0.6 is 11.3 Å². The Labute approximate surface area is 147 Å². The molecule has 0 unspecified atom stereocenters. The lowest BCUT2D eigenvalue weighted by Crippen LogP contribution is -3.00. The highest BCUT2D eigenvalue weighted by Gasteiger charge is 2.10. The summed E-state index contributed by atoms with van der Waals surface area (Å²) < 4.78 is 5.13. The number of ether oxygens (including phenoxy) is 1. The monoisotopic (exact) mass is 391 g/mol. The summed E-state index contributed by atoms with van der Waals surface area (Å²) in [5, 5.41) is 13.6. The summed E-state index contributed by atoms with van der Waals surface area (Å²) in [5.74, 6) is 0.791. The Morgan fingerprint density at radius 2 is 1.87 bits per heavy atom. The zero-order valence-corrected chi connectivity index (χ0v) is 14.5. The summed E-state index contributed by atoms with van der Waals surface area (Å²) in [5.41, 5.74) is 2.53. The average molecular weight is 392 g/mol. The number of methoxy groups -OCH3 is 1. The van der Waals surface area contributed by atoms with E-state index < -0.39 is 4.92 Å². The Kier molecular flexibility index (Phi) is 5.46. The minimum Gasteiger partial charge on any atom is -1.00 e. The van der Waals surface area contributed by atoms with Crippen molar-refractivity contribution in [3.8, 4) is 27.6 Å². The molecule has 118 valence electrons. The molecule has 0 aliphatic carbocycles. The second-order valence-corrected chi connectivity index (χ2v) is 5.43. The first-order valence-corrected chi connectivity index (χ1v) is 7.40. The summed E-state index contributed by atoms with van der Waals surface area (Å²) in [6, 6.07) is 14.1. The second-order valence-electron chi connectivity index (χ2n) is 4.57. The van der Waals surface area contributed by atoms with E-state index in [1.54, 1.807) is 13.2 Å². The lowest BCUT2D eigenvalue weighted by molar-refractivity contribution is -0.384. The van der Waals surface area contributed by atoms with Gasteiger partial charge >= 0.3 is 0 Å². The van der Waals surface area contributed by atoms with Gasteiger partial charge in [-0.05, 0) is 24.3 Å². The lowest BCUT2D eigenvalue weighted by Gasteiger charge is -2.00. The van der Waals surface area contributed by atoms with E-state index in [-0.39, 0.29) is 22.7 Å². The molecule has 5 nitrogen and oxygen atoms in total. The number of halogens is 1. The van der Waals surface area contributed by atoms with Gasteiger partial charge in [-0.3, -0.25) is 10.1 Å². The average Bonchev–Trinajstić information content (AvgIpc) is 3.05. The van der Waals surface area contributed by atoms with Crippen LogP contribution in [-0.2, 0) is 0 Å². The van der Waals surface area contributed by atoms with Crippen LogP contribution in [-0.4, -0.2) is 17.0 Å². The zero-order chi connectivity index (χ0) is 15.5. The van der Waals surface area contributed by atoms with Crippen molar-refractivity contribution < 1.29 is 26.6 Å². The van der Waals surface area contributed by atoms with Crippen LogP contribution in [0.1, 0.15) is 0 Å². The van der Waals surface area contributed by atoms with Crippen LogP contribution in [0.25, 0.3) is 21.8 Å². The highest BCUT2D eigenvalue weighted by Crippen LogP contribution is 2.31. The Hall–Kier alpha value is -2.25. The molecule has 0 amide bonds. The minimum atomic E-state index is -0.403. The molecule has 0 spiro atoms. The highest BCUT2D eigenvalue weighted by atomic mass is 79.9. The first kappa shape index (κ1) is 17.1. The summed E-state index contributed by atoms with van der Waals surface area (Å²) in [6.07, 6.45) is 0. The van der Waals surface area contributed by atoms with E-state index in [1.807, 2.05) is 35.7 Å². The van der Waals surface area contributed by atoms with Crippen molar-refractivity contribution in [2.45, 2.75) is 0 Å². The molecule has 0 aliphatic heterocycles. The van der Waals surface area contributed by atoms with Crippen molar-refractivity contribution in [1.82, 2.24) is 4.98 Å². The molecule has 0 aliphatic rings. The predicted octanol–water partition coefficient (Wildman–Crippen LogP) is 1.40. The van der Waals surface area contributed by atoms with Gasteiger partial charge in [-0.1, -0.05) is 12.1 Å². The first-order chi connectivity index (χ1) is 10.7. The fourth-order valence-electron chi connectivity index (χ4n) is 2.05. The molecule has 1 heterocycles. The summed E-state index contributed by atoms with van der Waals surface area (Å²) in [7, 11) is 1.62. The van der Waals surface area contributed by atoms with Crippen molar-refractivity contribution in [3.63, 3.8) is 0 Å². The SMILES string of the molecule is COc1ccc(-c2nc(-c3cccc([N+](=O)[O-])c3)cs2)cc1.[Br-]. The number of rotatable bonds is 4. The summed E-state index contributed by atoms with van der Waals surface area (Å²) in [4.78, 5) is 15.0. The van der Waals surface area contributed by atoms with E-state index in [4.69, 9.17) is 4.74 Å². The van der Waals surface area contributed by atoms with Gasteiger partial charge in [0.15, 0.2) is 0 Å². The van der Waals surface area contributed by atoms with Crippen LogP contribution in [0, 0.1) is 10.1 Å². The van der Waals surface area contributed by atoms with Gasteiger partial charge in [0.25, 0.3) is 5.69 Å². The topological polar surface area (TPSA) is 65.3 Å². The summed E-state index contributed by atoms with van der Waals surface area (Å²) >= 11 is 1.50. The smallest absolute Gasteiger partial charge is 0.270 e. The molecule has 3 aromatic rings. The molecule has 3 rings (SSSR count). The van der Waals surface area contributed by atoms with Crippen molar-refractivity contribution >= 4 is 17.0 Å². The molecule has 0 bridgehead atoms. The van der Waals surface area contributed by atoms with E-state index in [0.717, 1.165) is 27.6 Å². The Balaban J connectivity index is 0.00000192. The van der Waals surface area contributed by atoms with E-state index in [0.29, 0.717) is 0 Å². The number of thiazole rings is 1.